The normalized spacial score (nSPS) is 11.0. The van der Waals surface area contributed by atoms with E-state index in [-0.39, 0.29) is 23.0 Å². The molecule has 0 bridgehead atoms. The first-order chi connectivity index (χ1) is 13.3. The minimum atomic E-state index is -0.806. The zero-order chi connectivity index (χ0) is 20.4. The van der Waals surface area contributed by atoms with Crippen LogP contribution in [0.4, 0.5) is 38.8 Å². The van der Waals surface area contributed by atoms with Gasteiger partial charge in [0.2, 0.25) is 0 Å². The maximum Gasteiger partial charge on any atom is 0.301 e. The Kier molecular flexibility index (Phi) is 4.64. The Labute approximate surface area is 155 Å². The number of benzene rings is 2. The second-order valence-corrected chi connectivity index (χ2v) is 5.39. The maximum absolute atomic E-state index is 12.9. The van der Waals surface area contributed by atoms with E-state index in [2.05, 4.69) is 15.3 Å². The number of rotatable bonds is 5. The maximum atomic E-state index is 12.9. The molecule has 0 unspecified atom stereocenters. The summed E-state index contributed by atoms with van der Waals surface area (Å²) in [6.45, 7) is 0. The highest BCUT2D eigenvalue weighted by molar-refractivity contribution is 5.74. The van der Waals surface area contributed by atoms with E-state index in [1.807, 2.05) is 0 Å². The van der Waals surface area contributed by atoms with Crippen molar-refractivity contribution in [2.75, 3.05) is 11.5 Å². The molecule has 142 valence electrons. The number of nitrogen functional groups attached to an aromatic ring is 2. The van der Waals surface area contributed by atoms with Gasteiger partial charge in [-0.25, -0.2) is 9.07 Å². The summed E-state index contributed by atoms with van der Waals surface area (Å²) in [5.41, 5.74) is 10.8. The second kappa shape index (κ2) is 7.06. The van der Waals surface area contributed by atoms with Crippen molar-refractivity contribution in [3.63, 3.8) is 0 Å². The molecule has 13 heteroatoms. The molecule has 0 atom stereocenters. The SMILES string of the molecule is Nc1nn(-c2ccc([N+](=O)[O-])cc2[N+](=O)[O-])c(N)c1N=Nc1ccc(F)cc1. The molecule has 3 rings (SSSR count). The van der Waals surface area contributed by atoms with Crippen LogP contribution in [0.1, 0.15) is 0 Å². The Hall–Kier alpha value is -4.42. The zero-order valence-electron chi connectivity index (χ0n) is 13.9. The van der Waals surface area contributed by atoms with Gasteiger partial charge >= 0.3 is 5.69 Å². The third kappa shape index (κ3) is 3.44. The molecule has 1 aromatic heterocycles. The van der Waals surface area contributed by atoms with Gasteiger partial charge in [-0.1, -0.05) is 0 Å². The van der Waals surface area contributed by atoms with E-state index in [0.717, 1.165) is 22.9 Å². The van der Waals surface area contributed by atoms with Crippen molar-refractivity contribution in [2.45, 2.75) is 0 Å². The number of azo groups is 1. The lowest BCUT2D eigenvalue weighted by Gasteiger charge is -2.04. The number of non-ortho nitro benzene ring substituents is 1. The zero-order valence-corrected chi connectivity index (χ0v) is 13.9. The molecule has 4 N–H and O–H groups in total. The van der Waals surface area contributed by atoms with Gasteiger partial charge in [0, 0.05) is 6.07 Å². The van der Waals surface area contributed by atoms with Crippen LogP contribution in [0, 0.1) is 26.0 Å². The Bertz CT molecular complexity index is 1110. The standard InChI is InChI=1S/C15H11FN8O4/c16-8-1-3-9(4-2-8)19-20-13-14(17)21-22(15(13)18)11-6-5-10(23(25)26)7-12(11)24(27)28/h1-7H,18H2,(H2,17,21). The highest BCUT2D eigenvalue weighted by atomic mass is 19.1. The summed E-state index contributed by atoms with van der Waals surface area (Å²) in [6, 6.07) is 8.09. The molecule has 1 heterocycles. The largest absolute Gasteiger partial charge is 0.382 e. The smallest absolute Gasteiger partial charge is 0.301 e. The number of nitrogens with zero attached hydrogens (tertiary/aromatic N) is 6. The molecule has 0 radical (unpaired) electrons. The van der Waals surface area contributed by atoms with E-state index in [9.17, 15) is 24.6 Å². The van der Waals surface area contributed by atoms with E-state index in [1.54, 1.807) is 0 Å². The summed E-state index contributed by atoms with van der Waals surface area (Å²) < 4.78 is 13.9. The fraction of sp³-hybridized carbons (Fsp3) is 0. The van der Waals surface area contributed by atoms with Crippen molar-refractivity contribution in [2.24, 2.45) is 10.2 Å². The minimum Gasteiger partial charge on any atom is -0.382 e. The topological polar surface area (TPSA) is 181 Å². The molecule has 28 heavy (non-hydrogen) atoms. The number of anilines is 2. The van der Waals surface area contributed by atoms with Crippen LogP contribution in [0.15, 0.2) is 52.7 Å². The summed E-state index contributed by atoms with van der Waals surface area (Å²) in [6.07, 6.45) is 0. The average molecular weight is 386 g/mol. The predicted molar refractivity (Wildman–Crippen MR) is 96.3 cm³/mol. The Morgan fingerprint density at radius 2 is 1.68 bits per heavy atom. The lowest BCUT2D eigenvalue weighted by atomic mass is 10.2. The van der Waals surface area contributed by atoms with Crippen molar-refractivity contribution < 1.29 is 14.2 Å². The highest BCUT2D eigenvalue weighted by Gasteiger charge is 2.24. The van der Waals surface area contributed by atoms with Gasteiger partial charge in [0.05, 0.1) is 21.6 Å². The number of aromatic nitrogens is 2. The summed E-state index contributed by atoms with van der Waals surface area (Å²) in [5.74, 6) is -0.785. The summed E-state index contributed by atoms with van der Waals surface area (Å²) in [7, 11) is 0. The Morgan fingerprint density at radius 1 is 1.00 bits per heavy atom. The molecular weight excluding hydrogens is 375 g/mol. The number of nitro benzene ring substituents is 2. The van der Waals surface area contributed by atoms with Crippen molar-refractivity contribution in [1.82, 2.24) is 9.78 Å². The molecule has 0 aliphatic carbocycles. The molecule has 3 aromatic rings. The first kappa shape index (κ1) is 18.4. The Morgan fingerprint density at radius 3 is 2.29 bits per heavy atom. The lowest BCUT2D eigenvalue weighted by Crippen LogP contribution is -2.06. The van der Waals surface area contributed by atoms with Crippen molar-refractivity contribution >= 4 is 34.4 Å². The summed E-state index contributed by atoms with van der Waals surface area (Å²) >= 11 is 0. The first-order valence-corrected chi connectivity index (χ1v) is 7.52. The molecule has 0 saturated carbocycles. The van der Waals surface area contributed by atoms with Crippen molar-refractivity contribution in [1.29, 1.82) is 0 Å². The van der Waals surface area contributed by atoms with E-state index in [1.165, 1.54) is 24.3 Å². The molecule has 2 aromatic carbocycles. The van der Waals surface area contributed by atoms with Gasteiger partial charge in [-0.3, -0.25) is 20.2 Å². The van der Waals surface area contributed by atoms with Crippen LogP contribution in [0.25, 0.3) is 5.69 Å². The third-order valence-corrected chi connectivity index (χ3v) is 3.61. The van der Waals surface area contributed by atoms with Crippen LogP contribution in [-0.2, 0) is 0 Å². The van der Waals surface area contributed by atoms with Gasteiger partial charge < -0.3 is 11.5 Å². The molecule has 0 amide bonds. The van der Waals surface area contributed by atoms with E-state index in [4.69, 9.17) is 11.5 Å². The molecule has 12 nitrogen and oxygen atoms in total. The van der Waals surface area contributed by atoms with Gasteiger partial charge in [-0.15, -0.1) is 10.2 Å². The minimum absolute atomic E-state index is 0.0584. The highest BCUT2D eigenvalue weighted by Crippen LogP contribution is 2.36. The fourth-order valence-corrected chi connectivity index (χ4v) is 2.29. The molecule has 0 aliphatic rings. The third-order valence-electron chi connectivity index (χ3n) is 3.61. The van der Waals surface area contributed by atoms with Crippen LogP contribution in [0.2, 0.25) is 0 Å². The first-order valence-electron chi connectivity index (χ1n) is 7.52. The number of hydrogen-bond donors (Lipinski definition) is 2. The van der Waals surface area contributed by atoms with Crippen LogP contribution in [0.5, 0.6) is 0 Å². The number of hydrogen-bond acceptors (Lipinski definition) is 9. The molecule has 0 aliphatic heterocycles. The van der Waals surface area contributed by atoms with Gasteiger partial charge in [0.15, 0.2) is 17.3 Å². The van der Waals surface area contributed by atoms with Gasteiger partial charge in [-0.05, 0) is 30.3 Å². The van der Waals surface area contributed by atoms with Gasteiger partial charge in [0.25, 0.3) is 5.69 Å². The quantitative estimate of drug-likeness (QED) is 0.382. The number of nitrogens with two attached hydrogens (primary N) is 2. The van der Waals surface area contributed by atoms with Crippen LogP contribution in [0.3, 0.4) is 0 Å². The monoisotopic (exact) mass is 386 g/mol. The predicted octanol–water partition coefficient (Wildman–Crippen LogP) is 3.41. The van der Waals surface area contributed by atoms with Crippen LogP contribution >= 0.6 is 0 Å². The molecule has 0 spiro atoms. The lowest BCUT2D eigenvalue weighted by molar-refractivity contribution is -0.394. The summed E-state index contributed by atoms with van der Waals surface area (Å²) in [4.78, 5) is 20.6. The second-order valence-electron chi connectivity index (χ2n) is 5.39. The van der Waals surface area contributed by atoms with Crippen molar-refractivity contribution in [3.05, 3.63) is 68.5 Å². The van der Waals surface area contributed by atoms with Crippen LogP contribution in [-0.4, -0.2) is 19.6 Å². The van der Waals surface area contributed by atoms with Gasteiger partial charge in [0.1, 0.15) is 11.5 Å². The summed E-state index contributed by atoms with van der Waals surface area (Å²) in [5, 5.41) is 33.8. The Balaban J connectivity index is 2.05. The fourth-order valence-electron chi connectivity index (χ4n) is 2.29. The number of nitro groups is 2. The van der Waals surface area contributed by atoms with Crippen molar-refractivity contribution in [3.8, 4) is 5.69 Å². The number of halogens is 1. The molecule has 0 saturated heterocycles. The molecular formula is C15H11FN8O4. The van der Waals surface area contributed by atoms with Crippen LogP contribution < -0.4 is 11.5 Å². The molecule has 0 fully saturated rings. The average Bonchev–Trinajstić information content (AvgIpc) is 2.94. The van der Waals surface area contributed by atoms with E-state index >= 15 is 0 Å². The van der Waals surface area contributed by atoms with E-state index < -0.39 is 27.0 Å². The van der Waals surface area contributed by atoms with E-state index in [0.29, 0.717) is 5.69 Å². The van der Waals surface area contributed by atoms with Gasteiger partial charge in [-0.2, -0.15) is 5.11 Å².